The first-order chi connectivity index (χ1) is 12.2. The van der Waals surface area contributed by atoms with Crippen LogP contribution in [0.4, 0.5) is 10.1 Å². The second kappa shape index (κ2) is 12.6. The minimum atomic E-state index is -0.144. The van der Waals surface area contributed by atoms with Crippen molar-refractivity contribution in [2.75, 3.05) is 63.2 Å². The highest BCUT2D eigenvalue weighted by atomic mass is 127. The number of piperazine rings is 1. The van der Waals surface area contributed by atoms with Crippen molar-refractivity contribution in [2.45, 2.75) is 13.5 Å². The Bertz CT molecular complexity index is 565. The molecular weight excluding hydrogens is 464 g/mol. The molecule has 1 aromatic carbocycles. The van der Waals surface area contributed by atoms with Gasteiger partial charge >= 0.3 is 0 Å². The van der Waals surface area contributed by atoms with Crippen molar-refractivity contribution in [3.8, 4) is 0 Å². The molecule has 2 N–H and O–H groups in total. The van der Waals surface area contributed by atoms with Crippen LogP contribution in [0.1, 0.15) is 12.5 Å². The Balaban J connectivity index is 0.00000338. The molecule has 26 heavy (non-hydrogen) atoms. The summed E-state index contributed by atoms with van der Waals surface area (Å²) in [5.74, 6) is 1.62. The third kappa shape index (κ3) is 7.11. The first kappa shape index (κ1) is 23.3. The Kier molecular flexibility index (Phi) is 11.3. The Morgan fingerprint density at radius 1 is 1.23 bits per heavy atom. The molecule has 1 fully saturated rings. The Morgan fingerprint density at radius 2 is 1.96 bits per heavy atom. The van der Waals surface area contributed by atoms with Crippen LogP contribution in [0.25, 0.3) is 0 Å². The Hall–Kier alpha value is -0.740. The van der Waals surface area contributed by atoms with Crippen LogP contribution in [0, 0.1) is 5.82 Å². The molecule has 0 amide bonds. The summed E-state index contributed by atoms with van der Waals surface area (Å²) in [5.41, 5.74) is 1.63. The largest absolute Gasteiger partial charge is 0.367 e. The normalized spacial score (nSPS) is 15.5. The first-order valence-electron chi connectivity index (χ1n) is 8.87. The molecule has 1 aromatic rings. The van der Waals surface area contributed by atoms with Crippen molar-refractivity contribution in [3.05, 3.63) is 29.6 Å². The van der Waals surface area contributed by atoms with Crippen LogP contribution >= 0.6 is 35.7 Å². The van der Waals surface area contributed by atoms with Crippen LogP contribution in [-0.2, 0) is 6.54 Å². The molecule has 148 valence electrons. The van der Waals surface area contributed by atoms with Crippen LogP contribution in [0.2, 0.25) is 0 Å². The molecule has 0 radical (unpaired) electrons. The number of nitrogens with zero attached hydrogens (tertiary/aromatic N) is 3. The number of hydrogen-bond acceptors (Lipinski definition) is 4. The molecule has 1 aliphatic rings. The van der Waals surface area contributed by atoms with Gasteiger partial charge in [0.15, 0.2) is 5.96 Å². The average molecular weight is 495 g/mol. The van der Waals surface area contributed by atoms with E-state index < -0.39 is 0 Å². The molecule has 0 bridgehead atoms. The number of thioether (sulfide) groups is 1. The third-order valence-electron chi connectivity index (χ3n) is 4.45. The van der Waals surface area contributed by atoms with Gasteiger partial charge in [-0.2, -0.15) is 11.8 Å². The van der Waals surface area contributed by atoms with Gasteiger partial charge in [-0.3, -0.25) is 4.99 Å². The second-order valence-corrected chi connectivity index (χ2v) is 7.04. The van der Waals surface area contributed by atoms with Crippen molar-refractivity contribution in [1.29, 1.82) is 0 Å². The maximum absolute atomic E-state index is 14.5. The molecule has 0 atom stereocenters. The van der Waals surface area contributed by atoms with Crippen molar-refractivity contribution < 1.29 is 4.39 Å². The van der Waals surface area contributed by atoms with E-state index in [0.29, 0.717) is 12.2 Å². The van der Waals surface area contributed by atoms with Gasteiger partial charge in [0, 0.05) is 52.1 Å². The van der Waals surface area contributed by atoms with Crippen molar-refractivity contribution in [3.63, 3.8) is 0 Å². The number of anilines is 1. The number of hydrogen-bond donors (Lipinski definition) is 2. The molecule has 0 spiro atoms. The maximum Gasteiger partial charge on any atom is 0.191 e. The fraction of sp³-hybridized carbons (Fsp3) is 0.611. The summed E-state index contributed by atoms with van der Waals surface area (Å²) >= 11 is 1.78. The van der Waals surface area contributed by atoms with E-state index >= 15 is 0 Å². The number of rotatable bonds is 7. The molecule has 2 rings (SSSR count). The molecule has 0 saturated carbocycles. The summed E-state index contributed by atoms with van der Waals surface area (Å²) in [6, 6.07) is 5.52. The van der Waals surface area contributed by atoms with E-state index in [4.69, 9.17) is 0 Å². The zero-order chi connectivity index (χ0) is 18.1. The van der Waals surface area contributed by atoms with Gasteiger partial charge in [-0.1, -0.05) is 13.0 Å². The van der Waals surface area contributed by atoms with Gasteiger partial charge in [0.2, 0.25) is 0 Å². The van der Waals surface area contributed by atoms with Gasteiger partial charge in [-0.05, 0) is 30.5 Å². The lowest BCUT2D eigenvalue weighted by atomic mass is 10.1. The van der Waals surface area contributed by atoms with Crippen LogP contribution < -0.4 is 15.5 Å². The SMILES string of the molecule is CCN1CCN(c2ccc(CNC(=NC)NCCSC)cc2F)CC1.I. The highest BCUT2D eigenvalue weighted by Crippen LogP contribution is 2.22. The molecule has 0 aromatic heterocycles. The van der Waals surface area contributed by atoms with E-state index in [2.05, 4.69) is 38.6 Å². The Labute approximate surface area is 178 Å². The number of benzene rings is 1. The zero-order valence-electron chi connectivity index (χ0n) is 15.9. The fourth-order valence-corrected chi connectivity index (χ4v) is 3.21. The van der Waals surface area contributed by atoms with Gasteiger partial charge in [0.05, 0.1) is 5.69 Å². The second-order valence-electron chi connectivity index (χ2n) is 6.05. The maximum atomic E-state index is 14.5. The van der Waals surface area contributed by atoms with Gasteiger partial charge in [-0.25, -0.2) is 4.39 Å². The summed E-state index contributed by atoms with van der Waals surface area (Å²) in [7, 11) is 1.74. The molecular formula is C18H31FIN5S. The van der Waals surface area contributed by atoms with Crippen molar-refractivity contribution in [2.24, 2.45) is 4.99 Å². The van der Waals surface area contributed by atoms with Crippen LogP contribution in [-0.4, -0.2) is 69.2 Å². The summed E-state index contributed by atoms with van der Waals surface area (Å²) in [4.78, 5) is 8.71. The topological polar surface area (TPSA) is 42.9 Å². The number of guanidine groups is 1. The monoisotopic (exact) mass is 495 g/mol. The van der Waals surface area contributed by atoms with E-state index in [1.54, 1.807) is 24.9 Å². The van der Waals surface area contributed by atoms with Crippen LogP contribution in [0.3, 0.4) is 0 Å². The highest BCUT2D eigenvalue weighted by molar-refractivity contribution is 14.0. The summed E-state index contributed by atoms with van der Waals surface area (Å²) < 4.78 is 14.5. The number of likely N-dealkylation sites (N-methyl/N-ethyl adjacent to an activating group) is 1. The fourth-order valence-electron chi connectivity index (χ4n) is 2.90. The predicted molar refractivity (Wildman–Crippen MR) is 123 cm³/mol. The molecule has 5 nitrogen and oxygen atoms in total. The smallest absolute Gasteiger partial charge is 0.191 e. The predicted octanol–water partition coefficient (Wildman–Crippen LogP) is 2.61. The number of nitrogens with one attached hydrogen (secondary N) is 2. The Morgan fingerprint density at radius 3 is 2.54 bits per heavy atom. The lowest BCUT2D eigenvalue weighted by molar-refractivity contribution is 0.270. The third-order valence-corrected chi connectivity index (χ3v) is 5.07. The van der Waals surface area contributed by atoms with Gasteiger partial charge in [0.25, 0.3) is 0 Å². The van der Waals surface area contributed by atoms with Crippen molar-refractivity contribution in [1.82, 2.24) is 15.5 Å². The molecule has 0 unspecified atom stereocenters. The zero-order valence-corrected chi connectivity index (χ0v) is 19.1. The number of halogens is 2. The quantitative estimate of drug-likeness (QED) is 0.264. The molecule has 8 heteroatoms. The lowest BCUT2D eigenvalue weighted by Crippen LogP contribution is -2.46. The van der Waals surface area contributed by atoms with E-state index in [-0.39, 0.29) is 29.8 Å². The molecule has 1 aliphatic heterocycles. The van der Waals surface area contributed by atoms with E-state index in [9.17, 15) is 4.39 Å². The highest BCUT2D eigenvalue weighted by Gasteiger charge is 2.18. The molecule has 1 heterocycles. The van der Waals surface area contributed by atoms with Crippen molar-refractivity contribution >= 4 is 47.4 Å². The average Bonchev–Trinajstić information content (AvgIpc) is 2.65. The molecule has 0 aliphatic carbocycles. The van der Waals surface area contributed by atoms with Gasteiger partial charge in [-0.15, -0.1) is 24.0 Å². The summed E-state index contributed by atoms with van der Waals surface area (Å²) in [6.07, 6.45) is 2.07. The van der Waals surface area contributed by atoms with Gasteiger partial charge < -0.3 is 20.4 Å². The van der Waals surface area contributed by atoms with Crippen LogP contribution in [0.5, 0.6) is 0 Å². The van der Waals surface area contributed by atoms with E-state index in [1.165, 1.54) is 0 Å². The van der Waals surface area contributed by atoms with E-state index in [0.717, 1.165) is 56.5 Å². The minimum absolute atomic E-state index is 0. The molecule has 1 saturated heterocycles. The lowest BCUT2D eigenvalue weighted by Gasteiger charge is -2.35. The van der Waals surface area contributed by atoms with Crippen LogP contribution in [0.15, 0.2) is 23.2 Å². The van der Waals surface area contributed by atoms with Gasteiger partial charge in [0.1, 0.15) is 5.82 Å². The summed E-state index contributed by atoms with van der Waals surface area (Å²) in [6.45, 7) is 8.41. The first-order valence-corrected chi connectivity index (χ1v) is 10.3. The summed E-state index contributed by atoms with van der Waals surface area (Å²) in [5, 5.41) is 6.47. The van der Waals surface area contributed by atoms with E-state index in [1.807, 2.05) is 12.1 Å². The standard InChI is InChI=1S/C18H30FN5S.HI/c1-4-23-8-10-24(11-9-23)17-6-5-15(13-16(17)19)14-22-18(20-2)21-7-12-25-3;/h5-6,13H,4,7-12,14H2,1-3H3,(H2,20,21,22);1H. The minimum Gasteiger partial charge on any atom is -0.367 e. The number of aliphatic imine (C=N–C) groups is 1.